The maximum Gasteiger partial charge on any atom is 0.179 e. The molecule has 0 aromatic heterocycles. The molecule has 0 fully saturated rings. The molecule has 1 aromatic rings. The fourth-order valence-electron chi connectivity index (χ4n) is 0.911. The summed E-state index contributed by atoms with van der Waals surface area (Å²) >= 11 is 17.2. The van der Waals surface area contributed by atoms with E-state index in [4.69, 9.17) is 40.5 Å². The first kappa shape index (κ1) is 10.8. The lowest BCUT2D eigenvalue weighted by Gasteiger charge is -2.04. The highest BCUT2D eigenvalue weighted by Crippen LogP contribution is 2.28. The summed E-state index contributed by atoms with van der Waals surface area (Å²) in [6, 6.07) is 2.91. The minimum Gasteiger partial charge on any atom is -0.324 e. The number of hydrogen-bond donors (Lipinski definition) is 1. The predicted octanol–water partition coefficient (Wildman–Crippen LogP) is 2.79. The first-order valence-corrected chi connectivity index (χ1v) is 4.57. The first-order valence-electron chi connectivity index (χ1n) is 3.44. The van der Waals surface area contributed by atoms with Gasteiger partial charge in [0.15, 0.2) is 5.78 Å². The second kappa shape index (κ2) is 4.29. The fourth-order valence-corrected chi connectivity index (χ4v) is 1.94. The lowest BCUT2D eigenvalue weighted by molar-refractivity contribution is 0.100. The summed E-state index contributed by atoms with van der Waals surface area (Å²) in [5, 5.41) is 0.851. The third-order valence-electron chi connectivity index (χ3n) is 1.47. The Morgan fingerprint density at radius 2 is 1.69 bits per heavy atom. The lowest BCUT2D eigenvalue weighted by atomic mass is 10.1. The number of nitrogens with two attached hydrogens (primary N) is 1. The zero-order valence-electron chi connectivity index (χ0n) is 6.48. The summed E-state index contributed by atoms with van der Waals surface area (Å²) in [5.41, 5.74) is 5.41. The summed E-state index contributed by atoms with van der Waals surface area (Å²) in [6.45, 7) is -0.124. The fraction of sp³-hybridized carbons (Fsp3) is 0.125. The third-order valence-corrected chi connectivity index (χ3v) is 2.29. The van der Waals surface area contributed by atoms with Crippen LogP contribution in [0.15, 0.2) is 12.1 Å². The molecule has 0 radical (unpaired) electrons. The summed E-state index contributed by atoms with van der Waals surface area (Å²) < 4.78 is 0. The molecule has 0 spiro atoms. The summed E-state index contributed by atoms with van der Waals surface area (Å²) in [7, 11) is 0. The van der Waals surface area contributed by atoms with Crippen molar-refractivity contribution in [3.05, 3.63) is 32.8 Å². The van der Waals surface area contributed by atoms with Gasteiger partial charge in [-0.2, -0.15) is 0 Å². The standard InChI is InChI=1S/C8H6Cl3NO/c9-4-1-5(10)8(6(11)2-4)7(13)3-12/h1-2H,3,12H2. The Morgan fingerprint density at radius 1 is 1.23 bits per heavy atom. The molecule has 5 heteroatoms. The minimum atomic E-state index is -0.299. The van der Waals surface area contributed by atoms with Crippen LogP contribution in [0.3, 0.4) is 0 Å². The Bertz CT molecular complexity index is 328. The van der Waals surface area contributed by atoms with Crippen LogP contribution in [0, 0.1) is 0 Å². The average Bonchev–Trinajstić information content (AvgIpc) is 2.02. The molecule has 0 amide bonds. The van der Waals surface area contributed by atoms with Crippen LogP contribution in [0.4, 0.5) is 0 Å². The molecule has 0 atom stereocenters. The third kappa shape index (κ3) is 2.35. The normalized spacial score (nSPS) is 10.2. The van der Waals surface area contributed by atoms with Gasteiger partial charge < -0.3 is 5.73 Å². The van der Waals surface area contributed by atoms with Gasteiger partial charge in [0.05, 0.1) is 22.2 Å². The quantitative estimate of drug-likeness (QED) is 0.805. The smallest absolute Gasteiger partial charge is 0.179 e. The molecule has 0 aliphatic carbocycles. The van der Waals surface area contributed by atoms with E-state index in [1.54, 1.807) is 0 Å². The van der Waals surface area contributed by atoms with Gasteiger partial charge in [0.25, 0.3) is 0 Å². The predicted molar refractivity (Wildman–Crippen MR) is 54.9 cm³/mol. The van der Waals surface area contributed by atoms with Crippen LogP contribution in [0.5, 0.6) is 0 Å². The second-order valence-corrected chi connectivity index (χ2v) is 3.62. The molecule has 0 bridgehead atoms. The van der Waals surface area contributed by atoms with Gasteiger partial charge in [-0.15, -0.1) is 0 Å². The molecule has 1 rings (SSSR count). The first-order chi connectivity index (χ1) is 6.06. The zero-order valence-corrected chi connectivity index (χ0v) is 8.75. The molecule has 13 heavy (non-hydrogen) atoms. The number of ketones is 1. The van der Waals surface area contributed by atoms with Gasteiger partial charge in [0.1, 0.15) is 0 Å². The molecule has 0 heterocycles. The molecule has 0 unspecified atom stereocenters. The molecular weight excluding hydrogens is 232 g/mol. The van der Waals surface area contributed by atoms with Crippen molar-refractivity contribution >= 4 is 40.6 Å². The minimum absolute atomic E-state index is 0.124. The van der Waals surface area contributed by atoms with Crippen LogP contribution >= 0.6 is 34.8 Å². The van der Waals surface area contributed by atoms with E-state index < -0.39 is 0 Å². The maximum atomic E-state index is 11.2. The maximum absolute atomic E-state index is 11.2. The van der Waals surface area contributed by atoms with Crippen LogP contribution in [-0.2, 0) is 0 Å². The van der Waals surface area contributed by atoms with Crippen molar-refractivity contribution in [2.45, 2.75) is 0 Å². The van der Waals surface area contributed by atoms with E-state index in [0.717, 1.165) is 0 Å². The van der Waals surface area contributed by atoms with Crippen molar-refractivity contribution in [1.29, 1.82) is 0 Å². The van der Waals surface area contributed by atoms with Crippen molar-refractivity contribution in [3.63, 3.8) is 0 Å². The van der Waals surface area contributed by atoms with Crippen LogP contribution < -0.4 is 5.73 Å². The Hall–Kier alpha value is -0.280. The lowest BCUT2D eigenvalue weighted by Crippen LogP contribution is -2.14. The highest BCUT2D eigenvalue weighted by atomic mass is 35.5. The van der Waals surface area contributed by atoms with Gasteiger partial charge in [0, 0.05) is 5.02 Å². The number of hydrogen-bond acceptors (Lipinski definition) is 2. The van der Waals surface area contributed by atoms with E-state index in [-0.39, 0.29) is 27.9 Å². The molecular formula is C8H6Cl3NO. The molecule has 0 aliphatic rings. The number of carbonyl (C=O) groups is 1. The van der Waals surface area contributed by atoms with Crippen LogP contribution in [0.25, 0.3) is 0 Å². The molecule has 2 nitrogen and oxygen atoms in total. The van der Waals surface area contributed by atoms with E-state index in [2.05, 4.69) is 0 Å². The van der Waals surface area contributed by atoms with Crippen molar-refractivity contribution in [2.24, 2.45) is 5.73 Å². The SMILES string of the molecule is NCC(=O)c1c(Cl)cc(Cl)cc1Cl. The van der Waals surface area contributed by atoms with E-state index in [9.17, 15) is 4.79 Å². The van der Waals surface area contributed by atoms with Crippen molar-refractivity contribution in [2.75, 3.05) is 6.54 Å². The van der Waals surface area contributed by atoms with E-state index in [0.29, 0.717) is 5.02 Å². The van der Waals surface area contributed by atoms with Gasteiger partial charge >= 0.3 is 0 Å². The van der Waals surface area contributed by atoms with Gasteiger partial charge in [-0.25, -0.2) is 0 Å². The van der Waals surface area contributed by atoms with Crippen LogP contribution in [-0.4, -0.2) is 12.3 Å². The Morgan fingerprint density at radius 3 is 2.08 bits per heavy atom. The number of carbonyl (C=O) groups excluding carboxylic acids is 1. The molecule has 1 aromatic carbocycles. The number of Topliss-reactive ketones (excluding diaryl/α,β-unsaturated/α-hetero) is 1. The van der Waals surface area contributed by atoms with Gasteiger partial charge in [0.2, 0.25) is 0 Å². The van der Waals surface area contributed by atoms with Gasteiger partial charge in [-0.3, -0.25) is 4.79 Å². The number of benzene rings is 1. The molecule has 0 saturated heterocycles. The summed E-state index contributed by atoms with van der Waals surface area (Å²) in [4.78, 5) is 11.2. The van der Waals surface area contributed by atoms with Crippen molar-refractivity contribution in [1.82, 2.24) is 0 Å². The van der Waals surface area contributed by atoms with E-state index in [1.165, 1.54) is 12.1 Å². The summed E-state index contributed by atoms with van der Waals surface area (Å²) in [6.07, 6.45) is 0. The van der Waals surface area contributed by atoms with Crippen LogP contribution in [0.1, 0.15) is 10.4 Å². The highest BCUT2D eigenvalue weighted by molar-refractivity contribution is 6.42. The monoisotopic (exact) mass is 237 g/mol. The van der Waals surface area contributed by atoms with Gasteiger partial charge in [-0.05, 0) is 12.1 Å². The molecule has 0 aliphatic heterocycles. The van der Waals surface area contributed by atoms with Crippen LogP contribution in [0.2, 0.25) is 15.1 Å². The topological polar surface area (TPSA) is 43.1 Å². The Kier molecular flexibility index (Phi) is 3.56. The summed E-state index contributed by atoms with van der Waals surface area (Å²) in [5.74, 6) is -0.299. The molecule has 2 N–H and O–H groups in total. The average molecular weight is 239 g/mol. The zero-order chi connectivity index (χ0) is 10.0. The highest BCUT2D eigenvalue weighted by Gasteiger charge is 2.13. The Balaban J connectivity index is 3.28. The number of halogens is 3. The van der Waals surface area contributed by atoms with E-state index >= 15 is 0 Å². The molecule has 70 valence electrons. The number of rotatable bonds is 2. The van der Waals surface area contributed by atoms with Gasteiger partial charge in [-0.1, -0.05) is 34.8 Å². The van der Waals surface area contributed by atoms with Crippen molar-refractivity contribution < 1.29 is 4.79 Å². The van der Waals surface area contributed by atoms with E-state index in [1.807, 2.05) is 0 Å². The largest absolute Gasteiger partial charge is 0.324 e. The Labute approximate surface area is 90.6 Å². The second-order valence-electron chi connectivity index (χ2n) is 2.37. The molecule has 0 saturated carbocycles. The van der Waals surface area contributed by atoms with Crippen molar-refractivity contribution in [3.8, 4) is 0 Å².